The summed E-state index contributed by atoms with van der Waals surface area (Å²) in [5, 5.41) is 11.4. The molecule has 2 N–H and O–H groups in total. The van der Waals surface area contributed by atoms with E-state index in [0.717, 1.165) is 49.9 Å². The molecule has 0 spiro atoms. The Morgan fingerprint density at radius 3 is 2.70 bits per heavy atom. The molecule has 1 aromatic heterocycles. The molecule has 164 valence electrons. The standard InChI is InChI=1S/C23H34FN5O/c1-23(2,3)21-17(6-5-15-30-21)16-27-22(25-4)26-13-11-19-12-14-29(28-19)20-9-7-18(24)8-10-20/h7-10,12,14,17,21H,5-6,11,13,15-16H2,1-4H3,(H2,25,26,27). The summed E-state index contributed by atoms with van der Waals surface area (Å²) in [7, 11) is 1.79. The molecular formula is C23H34FN5O. The van der Waals surface area contributed by atoms with Crippen LogP contribution in [-0.4, -0.2) is 48.6 Å². The molecule has 30 heavy (non-hydrogen) atoms. The number of halogens is 1. The quantitative estimate of drug-likeness (QED) is 0.559. The zero-order chi connectivity index (χ0) is 21.6. The first-order valence-corrected chi connectivity index (χ1v) is 10.7. The normalized spacial score (nSPS) is 20.2. The van der Waals surface area contributed by atoms with Crippen LogP contribution in [0.3, 0.4) is 0 Å². The zero-order valence-electron chi connectivity index (χ0n) is 18.5. The van der Waals surface area contributed by atoms with Crippen LogP contribution in [0.5, 0.6) is 0 Å². The molecule has 1 aliphatic heterocycles. The van der Waals surface area contributed by atoms with Gasteiger partial charge in [0.2, 0.25) is 0 Å². The molecule has 0 aliphatic carbocycles. The third-order valence-electron chi connectivity index (χ3n) is 5.46. The number of nitrogens with one attached hydrogen (secondary N) is 2. The second kappa shape index (κ2) is 10.1. The number of aromatic nitrogens is 2. The predicted molar refractivity (Wildman–Crippen MR) is 119 cm³/mol. The smallest absolute Gasteiger partial charge is 0.191 e. The van der Waals surface area contributed by atoms with E-state index >= 15 is 0 Å². The Morgan fingerprint density at radius 2 is 2.00 bits per heavy atom. The van der Waals surface area contributed by atoms with Crippen molar-refractivity contribution in [2.45, 2.75) is 46.1 Å². The second-order valence-electron chi connectivity index (χ2n) is 8.92. The van der Waals surface area contributed by atoms with E-state index in [1.54, 1.807) is 23.9 Å². The summed E-state index contributed by atoms with van der Waals surface area (Å²) >= 11 is 0. The van der Waals surface area contributed by atoms with E-state index in [4.69, 9.17) is 4.74 Å². The average Bonchev–Trinajstić information content (AvgIpc) is 3.19. The molecule has 0 radical (unpaired) electrons. The van der Waals surface area contributed by atoms with E-state index in [0.29, 0.717) is 5.92 Å². The number of ether oxygens (including phenoxy) is 1. The van der Waals surface area contributed by atoms with Crippen molar-refractivity contribution < 1.29 is 9.13 Å². The number of hydrogen-bond donors (Lipinski definition) is 2. The molecule has 1 saturated heterocycles. The predicted octanol–water partition coefficient (Wildman–Crippen LogP) is 3.56. The van der Waals surface area contributed by atoms with Crippen molar-refractivity contribution in [2.24, 2.45) is 16.3 Å². The molecule has 6 nitrogen and oxygen atoms in total. The minimum atomic E-state index is -0.247. The molecule has 1 fully saturated rings. The maximum atomic E-state index is 13.1. The fraction of sp³-hybridized carbons (Fsp3) is 0.565. The minimum absolute atomic E-state index is 0.132. The van der Waals surface area contributed by atoms with Gasteiger partial charge in [-0.25, -0.2) is 9.07 Å². The summed E-state index contributed by atoms with van der Waals surface area (Å²) in [5.41, 5.74) is 1.94. The average molecular weight is 416 g/mol. The van der Waals surface area contributed by atoms with Crippen LogP contribution in [0.2, 0.25) is 0 Å². The molecule has 7 heteroatoms. The van der Waals surface area contributed by atoms with Gasteiger partial charge in [0.15, 0.2) is 5.96 Å². The summed E-state index contributed by atoms with van der Waals surface area (Å²) in [4.78, 5) is 4.34. The molecule has 2 atom stereocenters. The van der Waals surface area contributed by atoms with Crippen LogP contribution >= 0.6 is 0 Å². The Balaban J connectivity index is 1.46. The summed E-state index contributed by atoms with van der Waals surface area (Å²) in [6, 6.07) is 8.30. The van der Waals surface area contributed by atoms with Gasteiger partial charge in [-0.05, 0) is 48.6 Å². The highest BCUT2D eigenvalue weighted by atomic mass is 19.1. The van der Waals surface area contributed by atoms with Gasteiger partial charge in [0.05, 0.1) is 17.5 Å². The van der Waals surface area contributed by atoms with Crippen molar-refractivity contribution in [1.82, 2.24) is 20.4 Å². The van der Waals surface area contributed by atoms with Crippen molar-refractivity contribution >= 4 is 5.96 Å². The lowest BCUT2D eigenvalue weighted by Gasteiger charge is -2.40. The van der Waals surface area contributed by atoms with E-state index in [2.05, 4.69) is 41.5 Å². The minimum Gasteiger partial charge on any atom is -0.377 e. The van der Waals surface area contributed by atoms with Crippen LogP contribution in [0, 0.1) is 17.2 Å². The van der Waals surface area contributed by atoms with E-state index in [9.17, 15) is 4.39 Å². The number of rotatable bonds is 6. The van der Waals surface area contributed by atoms with Crippen molar-refractivity contribution in [3.05, 3.63) is 48.0 Å². The Morgan fingerprint density at radius 1 is 1.23 bits per heavy atom. The van der Waals surface area contributed by atoms with Gasteiger partial charge in [-0.2, -0.15) is 5.10 Å². The van der Waals surface area contributed by atoms with Crippen LogP contribution < -0.4 is 10.6 Å². The molecule has 1 aromatic carbocycles. The molecule has 2 aromatic rings. The van der Waals surface area contributed by atoms with Crippen molar-refractivity contribution in [1.29, 1.82) is 0 Å². The van der Waals surface area contributed by atoms with Crippen molar-refractivity contribution in [3.63, 3.8) is 0 Å². The summed E-state index contributed by atoms with van der Waals surface area (Å²) < 4.78 is 20.9. The highest BCUT2D eigenvalue weighted by Crippen LogP contribution is 2.33. The molecular weight excluding hydrogens is 381 g/mol. The van der Waals surface area contributed by atoms with Gasteiger partial charge in [-0.3, -0.25) is 4.99 Å². The van der Waals surface area contributed by atoms with Crippen LogP contribution in [-0.2, 0) is 11.2 Å². The highest BCUT2D eigenvalue weighted by molar-refractivity contribution is 5.79. The van der Waals surface area contributed by atoms with Gasteiger partial charge in [0, 0.05) is 45.3 Å². The zero-order valence-corrected chi connectivity index (χ0v) is 18.5. The van der Waals surface area contributed by atoms with E-state index in [-0.39, 0.29) is 17.3 Å². The monoisotopic (exact) mass is 415 g/mol. The summed E-state index contributed by atoms with van der Waals surface area (Å²) in [6.07, 6.45) is 5.21. The van der Waals surface area contributed by atoms with E-state index in [1.165, 1.54) is 18.6 Å². The van der Waals surface area contributed by atoms with E-state index in [1.807, 2.05) is 12.3 Å². The fourth-order valence-corrected chi connectivity index (χ4v) is 4.00. The number of guanidine groups is 1. The number of aliphatic imine (C=N–C) groups is 1. The van der Waals surface area contributed by atoms with Crippen LogP contribution in [0.15, 0.2) is 41.5 Å². The molecule has 2 unspecified atom stereocenters. The highest BCUT2D eigenvalue weighted by Gasteiger charge is 2.35. The Labute approximate surface area is 178 Å². The second-order valence-corrected chi connectivity index (χ2v) is 8.92. The van der Waals surface area contributed by atoms with Gasteiger partial charge in [-0.1, -0.05) is 20.8 Å². The van der Waals surface area contributed by atoms with Gasteiger partial charge in [-0.15, -0.1) is 0 Å². The Bertz CT molecular complexity index is 825. The number of nitrogens with zero attached hydrogens (tertiary/aromatic N) is 3. The lowest BCUT2D eigenvalue weighted by molar-refractivity contribution is -0.0835. The van der Waals surface area contributed by atoms with Gasteiger partial charge < -0.3 is 15.4 Å². The van der Waals surface area contributed by atoms with Crippen LogP contribution in [0.4, 0.5) is 4.39 Å². The first kappa shape index (κ1) is 22.3. The molecule has 0 bridgehead atoms. The van der Waals surface area contributed by atoms with Crippen molar-refractivity contribution in [2.75, 3.05) is 26.7 Å². The fourth-order valence-electron chi connectivity index (χ4n) is 4.00. The van der Waals surface area contributed by atoms with Crippen LogP contribution in [0.25, 0.3) is 5.69 Å². The Kier molecular flexibility index (Phi) is 7.48. The molecule has 1 aliphatic rings. The lowest BCUT2D eigenvalue weighted by Crippen LogP contribution is -2.47. The number of benzene rings is 1. The van der Waals surface area contributed by atoms with E-state index < -0.39 is 0 Å². The first-order valence-electron chi connectivity index (χ1n) is 10.7. The van der Waals surface area contributed by atoms with Gasteiger partial charge >= 0.3 is 0 Å². The first-order chi connectivity index (χ1) is 14.4. The largest absolute Gasteiger partial charge is 0.377 e. The van der Waals surface area contributed by atoms with Crippen molar-refractivity contribution in [3.8, 4) is 5.69 Å². The molecule has 0 amide bonds. The number of hydrogen-bond acceptors (Lipinski definition) is 3. The molecule has 2 heterocycles. The lowest BCUT2D eigenvalue weighted by atomic mass is 9.78. The Hall–Kier alpha value is -2.41. The van der Waals surface area contributed by atoms with Gasteiger partial charge in [0.25, 0.3) is 0 Å². The third kappa shape index (κ3) is 6.05. The molecule has 3 rings (SSSR count). The van der Waals surface area contributed by atoms with Gasteiger partial charge in [0.1, 0.15) is 5.82 Å². The third-order valence-corrected chi connectivity index (χ3v) is 5.46. The summed E-state index contributed by atoms with van der Waals surface area (Å²) in [6.45, 7) is 9.16. The molecule has 0 saturated carbocycles. The summed E-state index contributed by atoms with van der Waals surface area (Å²) in [5.74, 6) is 1.03. The maximum absolute atomic E-state index is 13.1. The SMILES string of the molecule is CN=C(NCCc1ccn(-c2ccc(F)cc2)n1)NCC1CCCOC1C(C)(C)C. The topological polar surface area (TPSA) is 63.5 Å². The van der Waals surface area contributed by atoms with Crippen LogP contribution in [0.1, 0.15) is 39.3 Å². The maximum Gasteiger partial charge on any atom is 0.191 e.